The molecule has 3 amide bonds. The van der Waals surface area contributed by atoms with Crippen molar-refractivity contribution in [3.05, 3.63) is 107 Å². The summed E-state index contributed by atoms with van der Waals surface area (Å²) >= 11 is 0. The van der Waals surface area contributed by atoms with Gasteiger partial charge in [0.2, 0.25) is 11.8 Å². The summed E-state index contributed by atoms with van der Waals surface area (Å²) in [6, 6.07) is 27.2. The number of hydrogen-bond acceptors (Lipinski definition) is 8. The molecule has 1 fully saturated rings. The van der Waals surface area contributed by atoms with Crippen molar-refractivity contribution in [3.63, 3.8) is 0 Å². The minimum atomic E-state index is -3.06. The molecule has 0 bridgehead atoms. The number of fused-ring (bicyclic) bond motifs is 1. The first-order valence-electron chi connectivity index (χ1n) is 17.6. The number of methoxy groups -OCH3 is 1. The number of carbonyl (C=O) groups is 3. The first kappa shape index (κ1) is 37.9. The molecule has 3 N–H and O–H groups in total. The topological polar surface area (TPSA) is 134 Å². The molecular formula is C41H49NO8Si. The van der Waals surface area contributed by atoms with Crippen LogP contribution in [-0.4, -0.2) is 72.9 Å². The van der Waals surface area contributed by atoms with Crippen molar-refractivity contribution in [3.8, 4) is 5.75 Å². The van der Waals surface area contributed by atoms with Crippen molar-refractivity contribution >= 4 is 42.7 Å². The molecule has 2 aliphatic rings. The Morgan fingerprint density at radius 2 is 1.55 bits per heavy atom. The predicted octanol–water partition coefficient (Wildman–Crippen LogP) is 5.58. The highest BCUT2D eigenvalue weighted by molar-refractivity contribution is 6.99. The number of phenols is 1. The van der Waals surface area contributed by atoms with Crippen molar-refractivity contribution in [2.24, 2.45) is 17.8 Å². The molecule has 0 spiro atoms. The highest BCUT2D eigenvalue weighted by Gasteiger charge is 2.58. The Morgan fingerprint density at radius 1 is 0.961 bits per heavy atom. The van der Waals surface area contributed by atoms with E-state index in [1.54, 1.807) is 12.1 Å². The fraction of sp³-hybridized carbons (Fsp3) is 0.390. The number of ether oxygens (including phenoxy) is 1. The standard InChI is InChI=1S/C41H49NO8Si/c1-6-27(23-28-17-20-30(44)21-18-28)19-22-35(45)36-29(24-33-37(34(36)25-43)39(47)42(38(33)46)40(48)49-5)26-50-51(41(2,3)4,31-13-9-7-10-14-31)32-15-11-8-12-16-32/h7-18,20-21,23,33-35,37,43-45H,6,19,22,24-26H2,1-5H3/b27-23+/t33-,34+,35-,37-/m1/s1. The maximum Gasteiger partial charge on any atom is 0.423 e. The van der Waals surface area contributed by atoms with E-state index in [0.29, 0.717) is 28.9 Å². The van der Waals surface area contributed by atoms with E-state index in [2.05, 4.69) is 45.0 Å². The SMILES string of the molecule is CC/C(=C\c1ccc(O)cc1)CC[C@@H](O)C1=C(CO[Si](c2ccccc2)(c2ccccc2)C(C)(C)C)C[C@H]2C(=O)N(C(=O)OC)C(=O)[C@H]2[C@H]1CO. The molecule has 51 heavy (non-hydrogen) atoms. The minimum absolute atomic E-state index is 0.0586. The Hall–Kier alpha value is -4.35. The average Bonchev–Trinajstić information content (AvgIpc) is 3.38. The van der Waals surface area contributed by atoms with E-state index < -0.39 is 56.7 Å². The van der Waals surface area contributed by atoms with Gasteiger partial charge in [0.1, 0.15) is 5.75 Å². The molecule has 4 atom stereocenters. The van der Waals surface area contributed by atoms with E-state index in [9.17, 15) is 29.7 Å². The van der Waals surface area contributed by atoms with Crippen LogP contribution >= 0.6 is 0 Å². The normalized spacial score (nSPS) is 20.4. The van der Waals surface area contributed by atoms with Gasteiger partial charge in [0.25, 0.3) is 8.32 Å². The number of aliphatic hydroxyl groups excluding tert-OH is 2. The van der Waals surface area contributed by atoms with E-state index in [4.69, 9.17) is 9.16 Å². The maximum absolute atomic E-state index is 13.7. The smallest absolute Gasteiger partial charge is 0.423 e. The fourth-order valence-electron chi connectivity index (χ4n) is 7.95. The lowest BCUT2D eigenvalue weighted by molar-refractivity contribution is -0.137. The van der Waals surface area contributed by atoms with Gasteiger partial charge in [-0.3, -0.25) is 9.59 Å². The second-order valence-corrected chi connectivity index (χ2v) is 18.7. The highest BCUT2D eigenvalue weighted by atomic mass is 28.4. The van der Waals surface area contributed by atoms with Crippen LogP contribution in [0.4, 0.5) is 4.79 Å². The van der Waals surface area contributed by atoms with Crippen molar-refractivity contribution < 1.29 is 38.9 Å². The molecule has 10 heteroatoms. The van der Waals surface area contributed by atoms with Gasteiger partial charge in [-0.25, -0.2) is 4.79 Å². The van der Waals surface area contributed by atoms with Crippen molar-refractivity contribution in [1.82, 2.24) is 4.90 Å². The van der Waals surface area contributed by atoms with Gasteiger partial charge >= 0.3 is 6.09 Å². The number of imide groups is 3. The summed E-state index contributed by atoms with van der Waals surface area (Å²) < 4.78 is 12.1. The van der Waals surface area contributed by atoms with Gasteiger partial charge in [0.15, 0.2) is 0 Å². The van der Waals surface area contributed by atoms with E-state index in [1.807, 2.05) is 61.5 Å². The zero-order valence-electron chi connectivity index (χ0n) is 30.0. The van der Waals surface area contributed by atoms with Crippen LogP contribution in [-0.2, 0) is 18.8 Å². The average molecular weight is 712 g/mol. The number of aromatic hydroxyl groups is 1. The van der Waals surface area contributed by atoms with Gasteiger partial charge in [0.05, 0.1) is 38.3 Å². The van der Waals surface area contributed by atoms with E-state index in [1.165, 1.54) is 0 Å². The Labute approximate surface area is 301 Å². The number of carbonyl (C=O) groups excluding carboxylic acids is 3. The maximum atomic E-state index is 13.7. The molecule has 0 aromatic heterocycles. The number of rotatable bonds is 12. The van der Waals surface area contributed by atoms with Crippen LogP contribution < -0.4 is 10.4 Å². The highest BCUT2D eigenvalue weighted by Crippen LogP contribution is 2.47. The lowest BCUT2D eigenvalue weighted by Crippen LogP contribution is -2.66. The van der Waals surface area contributed by atoms with Gasteiger partial charge in [-0.15, -0.1) is 0 Å². The van der Waals surface area contributed by atoms with Crippen LogP contribution in [0.5, 0.6) is 5.75 Å². The molecule has 0 unspecified atom stereocenters. The Kier molecular flexibility index (Phi) is 11.8. The van der Waals surface area contributed by atoms with Gasteiger partial charge in [-0.05, 0) is 69.9 Å². The van der Waals surface area contributed by atoms with Crippen molar-refractivity contribution in [2.75, 3.05) is 20.3 Å². The number of amides is 3. The molecule has 5 rings (SSSR count). The largest absolute Gasteiger partial charge is 0.508 e. The van der Waals surface area contributed by atoms with Crippen LogP contribution in [0.1, 0.15) is 58.9 Å². The molecule has 1 aliphatic heterocycles. The zero-order chi connectivity index (χ0) is 36.9. The second kappa shape index (κ2) is 15.9. The molecular weight excluding hydrogens is 663 g/mol. The predicted molar refractivity (Wildman–Crippen MR) is 199 cm³/mol. The summed E-state index contributed by atoms with van der Waals surface area (Å²) in [5.74, 6) is -4.07. The van der Waals surface area contributed by atoms with Crippen LogP contribution in [0, 0.1) is 17.8 Å². The molecule has 0 radical (unpaired) electrons. The van der Waals surface area contributed by atoms with Crippen LogP contribution in [0.15, 0.2) is 102 Å². The third kappa shape index (κ3) is 7.50. The second-order valence-electron chi connectivity index (χ2n) is 14.4. The Balaban J connectivity index is 1.58. The van der Waals surface area contributed by atoms with E-state index in [-0.39, 0.29) is 23.8 Å². The summed E-state index contributed by atoms with van der Waals surface area (Å²) in [5.41, 5.74) is 3.14. The van der Waals surface area contributed by atoms with Gasteiger partial charge < -0.3 is 24.5 Å². The van der Waals surface area contributed by atoms with Gasteiger partial charge in [-0.2, -0.15) is 4.90 Å². The molecule has 0 saturated carbocycles. The monoisotopic (exact) mass is 711 g/mol. The zero-order valence-corrected chi connectivity index (χ0v) is 31.0. The first-order chi connectivity index (χ1) is 24.4. The molecule has 270 valence electrons. The molecule has 9 nitrogen and oxygen atoms in total. The molecule has 1 aliphatic carbocycles. The Bertz CT molecular complexity index is 1730. The number of allylic oxidation sites excluding steroid dienone is 1. The van der Waals surface area contributed by atoms with Gasteiger partial charge in [-0.1, -0.05) is 112 Å². The molecule has 1 heterocycles. The lowest BCUT2D eigenvalue weighted by atomic mass is 9.68. The van der Waals surface area contributed by atoms with Crippen molar-refractivity contribution in [2.45, 2.75) is 64.5 Å². The number of benzene rings is 3. The Morgan fingerprint density at radius 3 is 2.06 bits per heavy atom. The van der Waals surface area contributed by atoms with Crippen molar-refractivity contribution in [1.29, 1.82) is 0 Å². The van der Waals surface area contributed by atoms with Crippen LogP contribution in [0.25, 0.3) is 6.08 Å². The van der Waals surface area contributed by atoms with Gasteiger partial charge in [0, 0.05) is 5.92 Å². The minimum Gasteiger partial charge on any atom is -0.508 e. The number of phenolic OH excluding ortho intramolecular Hbond substituents is 1. The number of likely N-dealkylation sites (tertiary alicyclic amines) is 1. The molecule has 3 aromatic carbocycles. The van der Waals surface area contributed by atoms with Crippen LogP contribution in [0.2, 0.25) is 5.04 Å². The number of hydrogen-bond donors (Lipinski definition) is 3. The lowest BCUT2D eigenvalue weighted by Gasteiger charge is -2.44. The van der Waals surface area contributed by atoms with E-state index in [0.717, 1.165) is 35.0 Å². The summed E-state index contributed by atoms with van der Waals surface area (Å²) in [4.78, 5) is 40.5. The van der Waals surface area contributed by atoms with Crippen LogP contribution in [0.3, 0.4) is 0 Å². The number of aliphatic hydroxyl groups is 2. The quantitative estimate of drug-likeness (QED) is 0.126. The summed E-state index contributed by atoms with van der Waals surface area (Å²) in [6.07, 6.45) is 1.55. The summed E-state index contributed by atoms with van der Waals surface area (Å²) in [7, 11) is -1.95. The molecule has 1 saturated heterocycles. The summed E-state index contributed by atoms with van der Waals surface area (Å²) in [5, 5.41) is 34.4. The van der Waals surface area contributed by atoms with E-state index >= 15 is 0 Å². The third-order valence-electron chi connectivity index (χ3n) is 10.4. The fourth-order valence-corrected chi connectivity index (χ4v) is 12.5. The summed E-state index contributed by atoms with van der Waals surface area (Å²) in [6.45, 7) is 8.08. The third-order valence-corrected chi connectivity index (χ3v) is 15.4. The first-order valence-corrected chi connectivity index (χ1v) is 19.5. The molecule has 3 aromatic rings. The number of nitrogens with zero attached hydrogens (tertiary/aromatic N) is 1.